The van der Waals surface area contributed by atoms with Crippen LogP contribution in [0.2, 0.25) is 0 Å². The third-order valence-electron chi connectivity index (χ3n) is 6.58. The van der Waals surface area contributed by atoms with Crippen LogP contribution in [-0.4, -0.2) is 62.8 Å². The second-order valence-electron chi connectivity index (χ2n) is 8.80. The number of esters is 1. The van der Waals surface area contributed by atoms with Crippen molar-refractivity contribution in [3.63, 3.8) is 0 Å². The van der Waals surface area contributed by atoms with Gasteiger partial charge in [0.1, 0.15) is 6.04 Å². The number of aromatic nitrogens is 3. The zero-order valence-corrected chi connectivity index (χ0v) is 20.2. The highest BCUT2D eigenvalue weighted by atomic mass is 16.5. The van der Waals surface area contributed by atoms with Gasteiger partial charge in [0.2, 0.25) is 5.52 Å². The van der Waals surface area contributed by atoms with Crippen LogP contribution in [0.3, 0.4) is 0 Å². The van der Waals surface area contributed by atoms with Crippen LogP contribution < -0.4 is 10.6 Å². The van der Waals surface area contributed by atoms with Crippen LogP contribution in [0.4, 0.5) is 11.6 Å². The smallest absolute Gasteiger partial charge is 0.350 e. The molecule has 1 fully saturated rings. The van der Waals surface area contributed by atoms with Gasteiger partial charge in [-0.05, 0) is 37.1 Å². The predicted molar refractivity (Wildman–Crippen MR) is 131 cm³/mol. The SMILES string of the molecule is [C-]#[N+]c1ccc2c(n1)c(N1C[C@@H](C)N(C(C(=O)OC)c3ccc(CO)cc3)C[C@@H]1C)nc(=O)n2C. The summed E-state index contributed by atoms with van der Waals surface area (Å²) in [4.78, 5) is 41.8. The summed E-state index contributed by atoms with van der Waals surface area (Å²) in [6.45, 7) is 12.3. The summed E-state index contributed by atoms with van der Waals surface area (Å²) in [7, 11) is 3.01. The Bertz CT molecular complexity index is 1350. The lowest BCUT2D eigenvalue weighted by Crippen LogP contribution is -2.59. The molecule has 35 heavy (non-hydrogen) atoms. The topological polar surface area (TPSA) is 105 Å². The van der Waals surface area contributed by atoms with E-state index in [0.717, 1.165) is 11.1 Å². The molecule has 182 valence electrons. The third kappa shape index (κ3) is 4.48. The largest absolute Gasteiger partial charge is 0.468 e. The molecule has 1 unspecified atom stereocenters. The molecule has 0 bridgehead atoms. The van der Waals surface area contributed by atoms with Crippen molar-refractivity contribution >= 4 is 28.6 Å². The molecule has 0 amide bonds. The first-order chi connectivity index (χ1) is 16.8. The van der Waals surface area contributed by atoms with Gasteiger partial charge in [0.15, 0.2) is 5.82 Å². The first-order valence-electron chi connectivity index (χ1n) is 11.3. The van der Waals surface area contributed by atoms with Crippen molar-refractivity contribution in [3.8, 4) is 0 Å². The molecule has 1 N–H and O–H groups in total. The van der Waals surface area contributed by atoms with Crippen LogP contribution >= 0.6 is 0 Å². The second-order valence-corrected chi connectivity index (χ2v) is 8.80. The monoisotopic (exact) mass is 476 g/mol. The van der Waals surface area contributed by atoms with Crippen molar-refractivity contribution in [2.45, 2.75) is 38.6 Å². The van der Waals surface area contributed by atoms with Gasteiger partial charge in [-0.3, -0.25) is 9.47 Å². The molecule has 3 atom stereocenters. The summed E-state index contributed by atoms with van der Waals surface area (Å²) in [5, 5.41) is 9.37. The minimum Gasteiger partial charge on any atom is -0.468 e. The molecule has 4 rings (SSSR count). The second kappa shape index (κ2) is 9.82. The maximum Gasteiger partial charge on any atom is 0.350 e. The normalized spacial score (nSPS) is 19.4. The van der Waals surface area contributed by atoms with E-state index in [-0.39, 0.29) is 30.5 Å². The highest BCUT2D eigenvalue weighted by Crippen LogP contribution is 2.33. The molecule has 1 aliphatic rings. The summed E-state index contributed by atoms with van der Waals surface area (Å²) in [5.74, 6) is 0.305. The Balaban J connectivity index is 1.72. The lowest BCUT2D eigenvalue weighted by molar-refractivity contribution is -0.148. The van der Waals surface area contributed by atoms with Crippen molar-refractivity contribution in [3.05, 3.63) is 69.4 Å². The Morgan fingerprint density at radius 1 is 1.17 bits per heavy atom. The number of carbonyl (C=O) groups is 1. The Hall–Kier alpha value is -3.81. The lowest BCUT2D eigenvalue weighted by Gasteiger charge is -2.46. The number of aliphatic hydroxyl groups excluding tert-OH is 1. The standard InChI is InChI=1S/C25H28N6O4/c1-15-13-31(23-21-19(29(4)25(34)28-23)10-11-20(26-3)27-21)16(2)12-30(15)22(24(33)35-5)18-8-6-17(14-32)7-9-18/h6-11,15-16,22,32H,12-14H2,1-2,4-5H3/t15-,16+,22?/m1/s1. The summed E-state index contributed by atoms with van der Waals surface area (Å²) in [6, 6.07) is 9.74. The highest BCUT2D eigenvalue weighted by molar-refractivity contribution is 5.87. The van der Waals surface area contributed by atoms with Crippen molar-refractivity contribution in [1.82, 2.24) is 19.4 Å². The van der Waals surface area contributed by atoms with Crippen LogP contribution in [0.15, 0.2) is 41.2 Å². The number of nitrogens with zero attached hydrogens (tertiary/aromatic N) is 6. The molecule has 10 nitrogen and oxygen atoms in total. The van der Waals surface area contributed by atoms with Crippen LogP contribution in [0.25, 0.3) is 15.9 Å². The Morgan fingerprint density at radius 3 is 2.51 bits per heavy atom. The molecule has 0 saturated carbocycles. The zero-order valence-electron chi connectivity index (χ0n) is 20.2. The summed E-state index contributed by atoms with van der Waals surface area (Å²) < 4.78 is 6.57. The van der Waals surface area contributed by atoms with Crippen molar-refractivity contribution in [1.29, 1.82) is 0 Å². The molecule has 3 heterocycles. The number of hydrogen-bond donors (Lipinski definition) is 1. The maximum absolute atomic E-state index is 12.9. The van der Waals surface area contributed by atoms with E-state index in [1.807, 2.05) is 30.9 Å². The van der Waals surface area contributed by atoms with E-state index in [4.69, 9.17) is 11.3 Å². The number of benzene rings is 1. The minimum absolute atomic E-state index is 0.0734. The molecular weight excluding hydrogens is 448 g/mol. The summed E-state index contributed by atoms with van der Waals surface area (Å²) in [5.41, 5.74) is 2.24. The third-order valence-corrected chi connectivity index (χ3v) is 6.58. The van der Waals surface area contributed by atoms with Gasteiger partial charge in [-0.1, -0.05) is 30.8 Å². The number of aryl methyl sites for hydroxylation is 1. The van der Waals surface area contributed by atoms with Crippen molar-refractivity contribution < 1.29 is 14.6 Å². The molecule has 1 aliphatic heterocycles. The van der Waals surface area contributed by atoms with E-state index in [2.05, 4.69) is 19.7 Å². The Kier molecular flexibility index (Phi) is 6.82. The first-order valence-corrected chi connectivity index (χ1v) is 11.3. The number of methoxy groups -OCH3 is 1. The number of anilines is 1. The van der Waals surface area contributed by atoms with Gasteiger partial charge in [-0.15, -0.1) is 4.98 Å². The van der Waals surface area contributed by atoms with Crippen molar-refractivity contribution in [2.24, 2.45) is 7.05 Å². The summed E-state index contributed by atoms with van der Waals surface area (Å²) in [6.07, 6.45) is 0. The molecule has 10 heteroatoms. The minimum atomic E-state index is -0.618. The van der Waals surface area contributed by atoms with Gasteiger partial charge in [0, 0.05) is 32.2 Å². The number of aliphatic hydroxyl groups is 1. The van der Waals surface area contributed by atoms with Crippen LogP contribution in [0, 0.1) is 6.57 Å². The fourth-order valence-electron chi connectivity index (χ4n) is 4.65. The van der Waals surface area contributed by atoms with E-state index in [1.54, 1.807) is 31.3 Å². The predicted octanol–water partition coefficient (Wildman–Crippen LogP) is 2.18. The molecular formula is C25H28N6O4. The van der Waals surface area contributed by atoms with E-state index in [1.165, 1.54) is 11.7 Å². The first kappa shape index (κ1) is 24.3. The van der Waals surface area contributed by atoms with Gasteiger partial charge < -0.3 is 19.6 Å². The van der Waals surface area contributed by atoms with Gasteiger partial charge in [-0.25, -0.2) is 9.59 Å². The number of carbonyl (C=O) groups excluding carboxylic acids is 1. The average Bonchev–Trinajstić information content (AvgIpc) is 2.88. The molecule has 1 saturated heterocycles. The summed E-state index contributed by atoms with van der Waals surface area (Å²) >= 11 is 0. The number of ether oxygens (including phenoxy) is 1. The van der Waals surface area contributed by atoms with E-state index in [9.17, 15) is 14.7 Å². The number of rotatable bonds is 5. The maximum atomic E-state index is 12.9. The van der Waals surface area contributed by atoms with E-state index >= 15 is 0 Å². The Morgan fingerprint density at radius 2 is 1.89 bits per heavy atom. The van der Waals surface area contributed by atoms with E-state index < -0.39 is 11.7 Å². The molecule has 0 spiro atoms. The van der Waals surface area contributed by atoms with Gasteiger partial charge >= 0.3 is 11.7 Å². The van der Waals surface area contributed by atoms with Gasteiger partial charge in [-0.2, -0.15) is 4.98 Å². The van der Waals surface area contributed by atoms with Crippen molar-refractivity contribution in [2.75, 3.05) is 25.1 Å². The number of hydrogen-bond acceptors (Lipinski definition) is 8. The molecule has 0 aliphatic carbocycles. The number of pyridine rings is 1. The molecule has 0 radical (unpaired) electrons. The highest BCUT2D eigenvalue weighted by Gasteiger charge is 2.39. The van der Waals surface area contributed by atoms with Crippen LogP contribution in [-0.2, 0) is 23.2 Å². The van der Waals surface area contributed by atoms with Gasteiger partial charge in [0.05, 0.1) is 19.2 Å². The molecule has 2 aromatic heterocycles. The van der Waals surface area contributed by atoms with Crippen LogP contribution in [0.5, 0.6) is 0 Å². The zero-order chi connectivity index (χ0) is 25.3. The number of piperazine rings is 1. The number of fused-ring (bicyclic) bond motifs is 1. The molecule has 1 aromatic carbocycles. The lowest BCUT2D eigenvalue weighted by atomic mass is 9.98. The fourth-order valence-corrected chi connectivity index (χ4v) is 4.65. The Labute approximate surface area is 203 Å². The van der Waals surface area contributed by atoms with Gasteiger partial charge in [0.25, 0.3) is 5.82 Å². The fraction of sp³-hybridized carbons (Fsp3) is 0.400. The average molecular weight is 477 g/mol. The molecule has 3 aromatic rings. The van der Waals surface area contributed by atoms with E-state index in [0.29, 0.717) is 29.9 Å². The quantitative estimate of drug-likeness (QED) is 0.441. The van der Waals surface area contributed by atoms with Crippen LogP contribution in [0.1, 0.15) is 31.0 Å².